The monoisotopic (exact) mass is 383 g/mol. The number of benzene rings is 2. The number of nitrogens with zero attached hydrogens (tertiary/aromatic N) is 2. The summed E-state index contributed by atoms with van der Waals surface area (Å²) in [4.78, 5) is 19.2. The second-order valence-corrected chi connectivity index (χ2v) is 6.55. The summed E-state index contributed by atoms with van der Waals surface area (Å²) in [5.74, 6) is 1.27. The van der Waals surface area contributed by atoms with Crippen molar-refractivity contribution >= 4 is 28.7 Å². The average molecular weight is 383 g/mol. The molecule has 0 unspecified atom stereocenters. The maximum atomic E-state index is 11.5. The Morgan fingerprint density at radius 1 is 1.17 bits per heavy atom. The molecule has 2 aromatic heterocycles. The zero-order chi connectivity index (χ0) is 20.4. The van der Waals surface area contributed by atoms with E-state index in [1.165, 1.54) is 7.11 Å². The third-order valence-corrected chi connectivity index (χ3v) is 4.52. The van der Waals surface area contributed by atoms with Gasteiger partial charge in [0, 0.05) is 11.6 Å². The molecule has 0 aliphatic rings. The molecule has 0 aliphatic heterocycles. The normalized spacial score (nSPS) is 11.4. The number of carbonyl (C=O) groups is 1. The molecule has 142 valence electrons. The van der Waals surface area contributed by atoms with Gasteiger partial charge in [-0.15, -0.1) is 0 Å². The van der Waals surface area contributed by atoms with E-state index >= 15 is 0 Å². The van der Waals surface area contributed by atoms with Crippen molar-refractivity contribution in [2.24, 2.45) is 0 Å². The summed E-state index contributed by atoms with van der Waals surface area (Å²) in [6.45, 7) is 2.00. The number of nitrogens with one attached hydrogen (secondary N) is 1. The first kappa shape index (κ1) is 18.3. The largest absolute Gasteiger partial charge is 0.465 e. The molecule has 4 aromatic rings. The summed E-state index contributed by atoms with van der Waals surface area (Å²) in [6.07, 6.45) is 1.65. The van der Waals surface area contributed by atoms with Crippen LogP contribution in [0, 0.1) is 18.3 Å². The number of nitriles is 1. The number of furan rings is 1. The summed E-state index contributed by atoms with van der Waals surface area (Å²) >= 11 is 0. The first-order valence-electron chi connectivity index (χ1n) is 8.94. The van der Waals surface area contributed by atoms with Crippen LogP contribution in [-0.2, 0) is 4.74 Å². The number of aromatic amines is 1. The molecule has 2 aromatic carbocycles. The second-order valence-electron chi connectivity index (χ2n) is 6.55. The van der Waals surface area contributed by atoms with Crippen LogP contribution in [0.15, 0.2) is 59.0 Å². The van der Waals surface area contributed by atoms with Gasteiger partial charge in [-0.05, 0) is 48.9 Å². The zero-order valence-corrected chi connectivity index (χ0v) is 15.9. The van der Waals surface area contributed by atoms with Gasteiger partial charge in [-0.2, -0.15) is 5.26 Å². The van der Waals surface area contributed by atoms with Crippen LogP contribution in [0.5, 0.6) is 0 Å². The molecule has 0 fully saturated rings. The molecule has 0 amide bonds. The number of rotatable bonds is 4. The first-order valence-corrected chi connectivity index (χ1v) is 8.94. The molecule has 2 heterocycles. The summed E-state index contributed by atoms with van der Waals surface area (Å²) in [6, 6.07) is 18.6. The highest BCUT2D eigenvalue weighted by atomic mass is 16.5. The van der Waals surface area contributed by atoms with Gasteiger partial charge >= 0.3 is 5.97 Å². The number of aryl methyl sites for hydroxylation is 1. The number of allylic oxidation sites excluding steroid dienone is 1. The lowest BCUT2D eigenvalue weighted by atomic mass is 10.1. The van der Waals surface area contributed by atoms with Crippen LogP contribution in [0.4, 0.5) is 0 Å². The van der Waals surface area contributed by atoms with Crippen LogP contribution in [0.3, 0.4) is 0 Å². The van der Waals surface area contributed by atoms with Crippen LogP contribution in [0.25, 0.3) is 34.0 Å². The second kappa shape index (κ2) is 7.49. The Balaban J connectivity index is 1.63. The number of carbonyl (C=O) groups excluding carboxylic acids is 1. The van der Waals surface area contributed by atoms with Gasteiger partial charge < -0.3 is 14.1 Å². The van der Waals surface area contributed by atoms with Crippen molar-refractivity contribution < 1.29 is 13.9 Å². The maximum absolute atomic E-state index is 11.5. The van der Waals surface area contributed by atoms with Gasteiger partial charge in [0.1, 0.15) is 23.4 Å². The van der Waals surface area contributed by atoms with Gasteiger partial charge in [-0.1, -0.05) is 18.2 Å². The lowest BCUT2D eigenvalue weighted by Gasteiger charge is -2.00. The highest BCUT2D eigenvalue weighted by Crippen LogP contribution is 2.26. The first-order chi connectivity index (χ1) is 14.1. The molecule has 29 heavy (non-hydrogen) atoms. The smallest absolute Gasteiger partial charge is 0.337 e. The van der Waals surface area contributed by atoms with Crippen LogP contribution < -0.4 is 0 Å². The Morgan fingerprint density at radius 2 is 1.97 bits per heavy atom. The van der Waals surface area contributed by atoms with E-state index in [1.807, 2.05) is 31.2 Å². The van der Waals surface area contributed by atoms with Crippen LogP contribution in [0.2, 0.25) is 0 Å². The summed E-state index contributed by atoms with van der Waals surface area (Å²) in [5.41, 5.74) is 4.46. The minimum absolute atomic E-state index is 0.376. The van der Waals surface area contributed by atoms with Crippen LogP contribution in [0.1, 0.15) is 27.5 Å². The Bertz CT molecular complexity index is 1270. The third-order valence-electron chi connectivity index (χ3n) is 4.52. The van der Waals surface area contributed by atoms with Crippen molar-refractivity contribution in [3.05, 3.63) is 77.3 Å². The summed E-state index contributed by atoms with van der Waals surface area (Å²) in [5, 5.41) is 9.59. The number of hydrogen-bond acceptors (Lipinski definition) is 5. The topological polar surface area (TPSA) is 91.9 Å². The average Bonchev–Trinajstić information content (AvgIpc) is 3.38. The fraction of sp³-hybridized carbons (Fsp3) is 0.0870. The van der Waals surface area contributed by atoms with Gasteiger partial charge in [-0.25, -0.2) is 9.78 Å². The molecule has 0 radical (unpaired) electrons. The Morgan fingerprint density at radius 3 is 2.69 bits per heavy atom. The van der Waals surface area contributed by atoms with Gasteiger partial charge in [0.2, 0.25) is 0 Å². The number of ether oxygens (including phenoxy) is 1. The fourth-order valence-electron chi connectivity index (χ4n) is 3.02. The minimum atomic E-state index is -0.390. The Labute approximate surface area is 167 Å². The molecule has 1 N–H and O–H groups in total. The molecule has 0 spiro atoms. The minimum Gasteiger partial charge on any atom is -0.465 e. The lowest BCUT2D eigenvalue weighted by Crippen LogP contribution is -2.00. The van der Waals surface area contributed by atoms with Crippen LogP contribution in [-0.4, -0.2) is 23.0 Å². The van der Waals surface area contributed by atoms with E-state index in [-0.39, 0.29) is 5.97 Å². The van der Waals surface area contributed by atoms with Gasteiger partial charge in [0.05, 0.1) is 29.3 Å². The quantitative estimate of drug-likeness (QED) is 0.396. The molecule has 0 saturated carbocycles. The number of methoxy groups -OCH3 is 1. The van der Waals surface area contributed by atoms with Crippen molar-refractivity contribution in [3.63, 3.8) is 0 Å². The molecular weight excluding hydrogens is 366 g/mol. The number of H-pyrrole nitrogens is 1. The van der Waals surface area contributed by atoms with E-state index < -0.39 is 0 Å². The van der Waals surface area contributed by atoms with E-state index in [9.17, 15) is 10.1 Å². The lowest BCUT2D eigenvalue weighted by molar-refractivity contribution is 0.0600. The van der Waals surface area contributed by atoms with E-state index in [0.717, 1.165) is 22.2 Å². The number of aromatic nitrogens is 2. The Kier molecular flexibility index (Phi) is 4.71. The van der Waals surface area contributed by atoms with Gasteiger partial charge in [0.15, 0.2) is 0 Å². The number of imidazole rings is 1. The van der Waals surface area contributed by atoms with Gasteiger partial charge in [-0.3, -0.25) is 0 Å². The molecule has 0 atom stereocenters. The molecule has 0 bridgehead atoms. The summed E-state index contributed by atoms with van der Waals surface area (Å²) in [7, 11) is 1.34. The molecule has 6 heteroatoms. The van der Waals surface area contributed by atoms with Crippen LogP contribution >= 0.6 is 0 Å². The maximum Gasteiger partial charge on any atom is 0.337 e. The van der Waals surface area contributed by atoms with Gasteiger partial charge in [0.25, 0.3) is 0 Å². The zero-order valence-electron chi connectivity index (χ0n) is 15.9. The van der Waals surface area contributed by atoms with E-state index in [4.69, 9.17) is 9.15 Å². The molecule has 0 saturated heterocycles. The van der Waals surface area contributed by atoms with Crippen molar-refractivity contribution in [2.75, 3.05) is 7.11 Å². The van der Waals surface area contributed by atoms with E-state index in [0.29, 0.717) is 28.5 Å². The standard InChI is InChI=1S/C23H17N3O3/c1-14-3-9-19-20(11-14)26-22(25-19)17(13-24)12-18-8-10-21(29-18)15-4-6-16(7-5-15)23(27)28-2/h3-12H,1-2H3,(H,25,26)/b17-12-. The number of fused-ring (bicyclic) bond motifs is 1. The predicted octanol–water partition coefficient (Wildman–Crippen LogP) is 4.98. The molecular formula is C23H17N3O3. The third kappa shape index (κ3) is 3.66. The molecule has 6 nitrogen and oxygen atoms in total. The number of esters is 1. The van der Waals surface area contributed by atoms with Crippen molar-refractivity contribution in [1.82, 2.24) is 9.97 Å². The van der Waals surface area contributed by atoms with E-state index in [1.54, 1.807) is 36.4 Å². The van der Waals surface area contributed by atoms with E-state index in [2.05, 4.69) is 16.0 Å². The predicted molar refractivity (Wildman–Crippen MR) is 110 cm³/mol. The fourth-order valence-corrected chi connectivity index (χ4v) is 3.02. The highest BCUT2D eigenvalue weighted by Gasteiger charge is 2.11. The summed E-state index contributed by atoms with van der Waals surface area (Å²) < 4.78 is 10.6. The SMILES string of the molecule is COC(=O)c1ccc(-c2ccc(/C=C(/C#N)c3nc4ccc(C)cc4[nH]3)o2)cc1. The van der Waals surface area contributed by atoms with Crippen molar-refractivity contribution in [1.29, 1.82) is 5.26 Å². The van der Waals surface area contributed by atoms with Crippen molar-refractivity contribution in [2.45, 2.75) is 6.92 Å². The highest BCUT2D eigenvalue weighted by molar-refractivity contribution is 5.91. The molecule has 4 rings (SSSR count). The van der Waals surface area contributed by atoms with Crippen molar-refractivity contribution in [3.8, 4) is 17.4 Å². The number of hydrogen-bond donors (Lipinski definition) is 1. The Hall–Kier alpha value is -4.11. The molecule has 0 aliphatic carbocycles.